The van der Waals surface area contributed by atoms with Gasteiger partial charge in [-0.2, -0.15) is 0 Å². The van der Waals surface area contributed by atoms with E-state index in [4.69, 9.17) is 4.42 Å². The summed E-state index contributed by atoms with van der Waals surface area (Å²) in [7, 11) is 3.76. The van der Waals surface area contributed by atoms with Crippen LogP contribution >= 0.6 is 0 Å². The first-order chi connectivity index (χ1) is 12.5. The van der Waals surface area contributed by atoms with Gasteiger partial charge in [0, 0.05) is 6.54 Å². The molecular formula is C18H19FN4O3. The minimum absolute atomic E-state index is 0.130. The standard InChI is InChI=1S/C18H19FN4O3/c1-22(2)15(16-4-3-7-26-16)9-20-17(24)10-23-11-21-14-6-5-12(19)8-13(14)18(23)25/h3-8,11,15H,9-10H2,1-2H3,(H,20,24)/t15-/m0/s1. The van der Waals surface area contributed by atoms with Crippen LogP contribution in [0.25, 0.3) is 10.9 Å². The molecule has 0 spiro atoms. The van der Waals surface area contributed by atoms with Gasteiger partial charge in [-0.25, -0.2) is 9.37 Å². The first-order valence-corrected chi connectivity index (χ1v) is 8.07. The Balaban J connectivity index is 1.71. The van der Waals surface area contributed by atoms with Crippen molar-refractivity contribution in [1.82, 2.24) is 19.8 Å². The molecule has 3 aromatic rings. The maximum absolute atomic E-state index is 13.4. The van der Waals surface area contributed by atoms with Crippen LogP contribution in [0.15, 0.2) is 52.1 Å². The maximum atomic E-state index is 13.4. The molecule has 0 saturated carbocycles. The summed E-state index contributed by atoms with van der Waals surface area (Å²) in [4.78, 5) is 30.7. The van der Waals surface area contributed by atoms with Crippen molar-refractivity contribution in [2.24, 2.45) is 0 Å². The number of nitrogens with one attached hydrogen (secondary N) is 1. The van der Waals surface area contributed by atoms with E-state index in [1.165, 1.54) is 18.5 Å². The van der Waals surface area contributed by atoms with Crippen LogP contribution in [0.4, 0.5) is 4.39 Å². The molecule has 0 radical (unpaired) electrons. The minimum Gasteiger partial charge on any atom is -0.468 e. The summed E-state index contributed by atoms with van der Waals surface area (Å²) in [5, 5.41) is 2.93. The van der Waals surface area contributed by atoms with Crippen molar-refractivity contribution in [3.05, 3.63) is 64.9 Å². The third-order valence-corrected chi connectivity index (χ3v) is 4.09. The van der Waals surface area contributed by atoms with Gasteiger partial charge in [0.2, 0.25) is 5.91 Å². The average molecular weight is 358 g/mol. The van der Waals surface area contributed by atoms with Crippen LogP contribution in [0.3, 0.4) is 0 Å². The zero-order valence-corrected chi connectivity index (χ0v) is 14.5. The Labute approximate surface area is 149 Å². The second-order valence-corrected chi connectivity index (χ2v) is 6.14. The Bertz CT molecular complexity index is 966. The summed E-state index contributed by atoms with van der Waals surface area (Å²) in [5.74, 6) is -0.135. The van der Waals surface area contributed by atoms with Crippen molar-refractivity contribution in [1.29, 1.82) is 0 Å². The number of halogens is 1. The molecular weight excluding hydrogens is 339 g/mol. The molecule has 2 aromatic heterocycles. The number of benzene rings is 1. The van der Waals surface area contributed by atoms with E-state index in [0.29, 0.717) is 12.1 Å². The van der Waals surface area contributed by atoms with Gasteiger partial charge in [0.15, 0.2) is 0 Å². The Kier molecular flexibility index (Phi) is 5.13. The van der Waals surface area contributed by atoms with Crippen molar-refractivity contribution >= 4 is 16.8 Å². The number of likely N-dealkylation sites (N-methyl/N-ethyl adjacent to an activating group) is 1. The van der Waals surface area contributed by atoms with Gasteiger partial charge in [-0.15, -0.1) is 0 Å². The lowest BCUT2D eigenvalue weighted by Gasteiger charge is -2.22. The number of furan rings is 1. The van der Waals surface area contributed by atoms with E-state index in [0.717, 1.165) is 16.4 Å². The molecule has 0 aliphatic heterocycles. The predicted octanol–water partition coefficient (Wildman–Crippen LogP) is 1.55. The van der Waals surface area contributed by atoms with Gasteiger partial charge < -0.3 is 9.73 Å². The molecule has 2 heterocycles. The van der Waals surface area contributed by atoms with Crippen molar-refractivity contribution in [3.63, 3.8) is 0 Å². The van der Waals surface area contributed by atoms with Crippen LogP contribution in [-0.4, -0.2) is 41.0 Å². The van der Waals surface area contributed by atoms with Crippen molar-refractivity contribution in [3.8, 4) is 0 Å². The number of rotatable bonds is 6. The molecule has 0 aliphatic carbocycles. The molecule has 1 N–H and O–H groups in total. The molecule has 1 amide bonds. The smallest absolute Gasteiger partial charge is 0.261 e. The molecule has 7 nitrogen and oxygen atoms in total. The maximum Gasteiger partial charge on any atom is 0.261 e. The van der Waals surface area contributed by atoms with Crippen molar-refractivity contribution in [2.75, 3.05) is 20.6 Å². The monoisotopic (exact) mass is 358 g/mol. The van der Waals surface area contributed by atoms with E-state index in [1.807, 2.05) is 25.1 Å². The Hall–Kier alpha value is -3.00. The van der Waals surface area contributed by atoms with E-state index in [2.05, 4.69) is 10.3 Å². The van der Waals surface area contributed by atoms with Crippen LogP contribution < -0.4 is 10.9 Å². The molecule has 3 rings (SSSR count). The lowest BCUT2D eigenvalue weighted by molar-refractivity contribution is -0.122. The van der Waals surface area contributed by atoms with Gasteiger partial charge in [-0.3, -0.25) is 19.1 Å². The topological polar surface area (TPSA) is 80.4 Å². The highest BCUT2D eigenvalue weighted by atomic mass is 19.1. The minimum atomic E-state index is -0.522. The Morgan fingerprint density at radius 2 is 2.19 bits per heavy atom. The number of hydrogen-bond donors (Lipinski definition) is 1. The zero-order valence-electron chi connectivity index (χ0n) is 14.5. The Morgan fingerprint density at radius 3 is 2.88 bits per heavy atom. The van der Waals surface area contributed by atoms with Gasteiger partial charge in [-0.1, -0.05) is 0 Å². The normalized spacial score (nSPS) is 12.5. The van der Waals surface area contributed by atoms with E-state index in [1.54, 1.807) is 12.3 Å². The van der Waals surface area contributed by atoms with Crippen molar-refractivity contribution < 1.29 is 13.6 Å². The Morgan fingerprint density at radius 1 is 1.38 bits per heavy atom. The summed E-state index contributed by atoms with van der Waals surface area (Å²) in [6, 6.07) is 7.28. The molecule has 1 aromatic carbocycles. The number of hydrogen-bond acceptors (Lipinski definition) is 5. The first kappa shape index (κ1) is 17.8. The van der Waals surface area contributed by atoms with Crippen LogP contribution in [-0.2, 0) is 11.3 Å². The molecule has 26 heavy (non-hydrogen) atoms. The third-order valence-electron chi connectivity index (χ3n) is 4.09. The average Bonchev–Trinajstić information content (AvgIpc) is 3.12. The zero-order chi connectivity index (χ0) is 18.7. The number of carbonyl (C=O) groups excluding carboxylic acids is 1. The lowest BCUT2D eigenvalue weighted by atomic mass is 10.2. The molecule has 0 fully saturated rings. The fraction of sp³-hybridized carbons (Fsp3) is 0.278. The van der Waals surface area contributed by atoms with Crippen LogP contribution in [0.5, 0.6) is 0 Å². The van der Waals surface area contributed by atoms with E-state index < -0.39 is 11.4 Å². The summed E-state index contributed by atoms with van der Waals surface area (Å²) in [5.41, 5.74) is -0.0709. The fourth-order valence-electron chi connectivity index (χ4n) is 2.68. The second kappa shape index (κ2) is 7.49. The largest absolute Gasteiger partial charge is 0.468 e. The highest BCUT2D eigenvalue weighted by molar-refractivity contribution is 5.79. The van der Waals surface area contributed by atoms with Crippen LogP contribution in [0, 0.1) is 5.82 Å². The predicted molar refractivity (Wildman–Crippen MR) is 94.1 cm³/mol. The lowest BCUT2D eigenvalue weighted by Crippen LogP contribution is -2.37. The van der Waals surface area contributed by atoms with Gasteiger partial charge >= 0.3 is 0 Å². The number of fused-ring (bicyclic) bond motifs is 1. The number of aromatic nitrogens is 2. The fourth-order valence-corrected chi connectivity index (χ4v) is 2.68. The molecule has 1 atom stereocenters. The first-order valence-electron chi connectivity index (χ1n) is 8.07. The quantitative estimate of drug-likeness (QED) is 0.723. The molecule has 0 unspecified atom stereocenters. The highest BCUT2D eigenvalue weighted by Crippen LogP contribution is 2.17. The summed E-state index contributed by atoms with van der Waals surface area (Å²) < 4.78 is 19.9. The molecule has 0 bridgehead atoms. The second-order valence-electron chi connectivity index (χ2n) is 6.14. The summed E-state index contributed by atoms with van der Waals surface area (Å²) in [6.45, 7) is 0.125. The van der Waals surface area contributed by atoms with Crippen LogP contribution in [0.2, 0.25) is 0 Å². The number of amides is 1. The van der Waals surface area contributed by atoms with Gasteiger partial charge in [0.05, 0.1) is 29.5 Å². The summed E-state index contributed by atoms with van der Waals surface area (Å²) >= 11 is 0. The molecule has 136 valence electrons. The molecule has 8 heteroatoms. The molecule has 0 aliphatic rings. The third kappa shape index (κ3) is 3.80. The SMILES string of the molecule is CN(C)[C@@H](CNC(=O)Cn1cnc2ccc(F)cc2c1=O)c1ccco1. The van der Waals surface area contributed by atoms with E-state index in [9.17, 15) is 14.0 Å². The van der Waals surface area contributed by atoms with E-state index >= 15 is 0 Å². The highest BCUT2D eigenvalue weighted by Gasteiger charge is 2.18. The number of carbonyl (C=O) groups is 1. The van der Waals surface area contributed by atoms with Gasteiger partial charge in [-0.05, 0) is 44.4 Å². The van der Waals surface area contributed by atoms with Gasteiger partial charge in [0.1, 0.15) is 18.1 Å². The van der Waals surface area contributed by atoms with Gasteiger partial charge in [0.25, 0.3) is 5.56 Å². The van der Waals surface area contributed by atoms with Crippen molar-refractivity contribution in [2.45, 2.75) is 12.6 Å². The summed E-state index contributed by atoms with van der Waals surface area (Å²) in [6.07, 6.45) is 2.87. The number of nitrogens with zero attached hydrogens (tertiary/aromatic N) is 3. The van der Waals surface area contributed by atoms with Crippen LogP contribution in [0.1, 0.15) is 11.8 Å². The molecule has 0 saturated heterocycles. The van der Waals surface area contributed by atoms with E-state index in [-0.39, 0.29) is 23.9 Å².